The highest BCUT2D eigenvalue weighted by Crippen LogP contribution is 2.23. The Balaban J connectivity index is 2.22. The summed E-state index contributed by atoms with van der Waals surface area (Å²) in [7, 11) is 0. The molecule has 19 heavy (non-hydrogen) atoms. The largest absolute Gasteiger partial charge is 0.377 e. The zero-order chi connectivity index (χ0) is 13.8. The van der Waals surface area contributed by atoms with Crippen LogP contribution in [0.5, 0.6) is 0 Å². The average molecular weight is 283 g/mol. The molecule has 0 aliphatic rings. The first kappa shape index (κ1) is 13.8. The molecule has 0 saturated heterocycles. The van der Waals surface area contributed by atoms with E-state index >= 15 is 0 Å². The fourth-order valence-electron chi connectivity index (χ4n) is 1.79. The molecule has 2 rings (SSSR count). The summed E-state index contributed by atoms with van der Waals surface area (Å²) >= 11 is 5.74. The molecule has 5 heteroatoms. The molecule has 100 valence electrons. The van der Waals surface area contributed by atoms with Crippen molar-refractivity contribution in [2.75, 3.05) is 11.9 Å². The van der Waals surface area contributed by atoms with Crippen molar-refractivity contribution in [1.82, 2.24) is 0 Å². The van der Waals surface area contributed by atoms with Gasteiger partial charge in [-0.25, -0.2) is 8.78 Å². The molecule has 0 spiro atoms. The number of rotatable bonds is 4. The minimum atomic E-state index is -0.480. The molecule has 0 bridgehead atoms. The fourth-order valence-corrected chi connectivity index (χ4v) is 1.98. The summed E-state index contributed by atoms with van der Waals surface area (Å²) in [5.74, 6) is -0.815. The van der Waals surface area contributed by atoms with Crippen LogP contribution in [0.2, 0.25) is 5.02 Å². The van der Waals surface area contributed by atoms with Crippen molar-refractivity contribution < 1.29 is 8.78 Å². The molecule has 0 amide bonds. The second kappa shape index (κ2) is 5.99. The lowest BCUT2D eigenvalue weighted by atomic mass is 10.1. The van der Waals surface area contributed by atoms with Crippen molar-refractivity contribution in [3.05, 3.63) is 64.7 Å². The van der Waals surface area contributed by atoms with Crippen LogP contribution < -0.4 is 11.1 Å². The summed E-state index contributed by atoms with van der Waals surface area (Å²) in [5, 5.41) is 3.13. The van der Waals surface area contributed by atoms with Crippen LogP contribution in [-0.4, -0.2) is 6.54 Å². The Bertz CT molecular complexity index is 575. The third-order valence-corrected chi connectivity index (χ3v) is 3.04. The Labute approximate surface area is 115 Å². The van der Waals surface area contributed by atoms with E-state index in [1.807, 2.05) is 0 Å². The molecule has 3 N–H and O–H groups in total. The number of nitrogens with two attached hydrogens (primary N) is 1. The predicted octanol–water partition coefficient (Wildman–Crippen LogP) is 3.73. The van der Waals surface area contributed by atoms with Gasteiger partial charge in [0, 0.05) is 12.2 Å². The van der Waals surface area contributed by atoms with Gasteiger partial charge < -0.3 is 11.1 Å². The van der Waals surface area contributed by atoms with Crippen LogP contribution in [0.4, 0.5) is 14.5 Å². The first-order chi connectivity index (χ1) is 9.10. The first-order valence-electron chi connectivity index (χ1n) is 5.77. The number of hydrogen-bond acceptors (Lipinski definition) is 2. The molecule has 1 unspecified atom stereocenters. The molecule has 0 aliphatic carbocycles. The van der Waals surface area contributed by atoms with Gasteiger partial charge in [-0.2, -0.15) is 0 Å². The van der Waals surface area contributed by atoms with Gasteiger partial charge >= 0.3 is 0 Å². The van der Waals surface area contributed by atoms with Crippen LogP contribution in [0.15, 0.2) is 42.5 Å². The number of halogens is 3. The van der Waals surface area contributed by atoms with Crippen molar-refractivity contribution in [3.63, 3.8) is 0 Å². The van der Waals surface area contributed by atoms with Crippen LogP contribution in [0.25, 0.3) is 0 Å². The summed E-state index contributed by atoms with van der Waals surface area (Å²) in [6.07, 6.45) is 0. The van der Waals surface area contributed by atoms with Crippen LogP contribution in [0, 0.1) is 11.6 Å². The van der Waals surface area contributed by atoms with E-state index in [2.05, 4.69) is 5.32 Å². The summed E-state index contributed by atoms with van der Waals surface area (Å²) < 4.78 is 26.2. The Hall–Kier alpha value is -1.65. The Morgan fingerprint density at radius 2 is 1.95 bits per heavy atom. The van der Waals surface area contributed by atoms with Crippen LogP contribution in [-0.2, 0) is 0 Å². The minimum Gasteiger partial charge on any atom is -0.377 e. The van der Waals surface area contributed by atoms with Crippen LogP contribution >= 0.6 is 11.6 Å². The summed E-state index contributed by atoms with van der Waals surface area (Å²) in [6.45, 7) is 0.276. The maximum absolute atomic E-state index is 13.1. The van der Waals surface area contributed by atoms with Gasteiger partial charge in [0.1, 0.15) is 11.6 Å². The second-order valence-electron chi connectivity index (χ2n) is 4.12. The zero-order valence-corrected chi connectivity index (χ0v) is 10.8. The van der Waals surface area contributed by atoms with Gasteiger partial charge in [-0.15, -0.1) is 0 Å². The quantitative estimate of drug-likeness (QED) is 0.897. The normalized spacial score (nSPS) is 12.2. The molecule has 1 atom stereocenters. The zero-order valence-electron chi connectivity index (χ0n) is 10.0. The van der Waals surface area contributed by atoms with Gasteiger partial charge in [-0.3, -0.25) is 0 Å². The van der Waals surface area contributed by atoms with Gasteiger partial charge in [0.05, 0.1) is 11.1 Å². The topological polar surface area (TPSA) is 38.0 Å². The summed E-state index contributed by atoms with van der Waals surface area (Å²) in [4.78, 5) is 0. The molecule has 0 fully saturated rings. The van der Waals surface area contributed by atoms with E-state index in [-0.39, 0.29) is 23.4 Å². The van der Waals surface area contributed by atoms with Crippen molar-refractivity contribution in [2.24, 2.45) is 5.73 Å². The second-order valence-corrected chi connectivity index (χ2v) is 4.52. The SMILES string of the molecule is NCC(Nc1cccc(F)c1)c1ccc(F)c(Cl)c1. The Morgan fingerprint density at radius 1 is 1.16 bits per heavy atom. The molecule has 0 aromatic heterocycles. The van der Waals surface area contributed by atoms with E-state index < -0.39 is 5.82 Å². The smallest absolute Gasteiger partial charge is 0.141 e. The van der Waals surface area contributed by atoms with E-state index in [0.29, 0.717) is 5.69 Å². The fraction of sp³-hybridized carbons (Fsp3) is 0.143. The van der Waals surface area contributed by atoms with Crippen molar-refractivity contribution in [1.29, 1.82) is 0 Å². The molecule has 0 aliphatic heterocycles. The molecule has 2 nitrogen and oxygen atoms in total. The lowest BCUT2D eigenvalue weighted by molar-refractivity contribution is 0.625. The molecule has 2 aromatic rings. The predicted molar refractivity (Wildman–Crippen MR) is 73.2 cm³/mol. The van der Waals surface area contributed by atoms with Crippen molar-refractivity contribution >= 4 is 17.3 Å². The summed E-state index contributed by atoms with van der Waals surface area (Å²) in [6, 6.07) is 10.2. The van der Waals surface area contributed by atoms with E-state index in [1.54, 1.807) is 18.2 Å². The monoisotopic (exact) mass is 282 g/mol. The highest BCUT2D eigenvalue weighted by molar-refractivity contribution is 6.30. The Morgan fingerprint density at radius 3 is 2.58 bits per heavy atom. The van der Waals surface area contributed by atoms with Gasteiger partial charge in [0.15, 0.2) is 0 Å². The van der Waals surface area contributed by atoms with Gasteiger partial charge in [-0.1, -0.05) is 23.7 Å². The van der Waals surface area contributed by atoms with Crippen LogP contribution in [0.1, 0.15) is 11.6 Å². The van der Waals surface area contributed by atoms with Crippen molar-refractivity contribution in [3.8, 4) is 0 Å². The molecule has 0 radical (unpaired) electrons. The number of hydrogen-bond donors (Lipinski definition) is 2. The van der Waals surface area contributed by atoms with Crippen molar-refractivity contribution in [2.45, 2.75) is 6.04 Å². The van der Waals surface area contributed by atoms with Gasteiger partial charge in [-0.05, 0) is 35.9 Å². The number of benzene rings is 2. The average Bonchev–Trinajstić information content (AvgIpc) is 2.39. The molecular formula is C14H13ClF2N2. The number of anilines is 1. The highest BCUT2D eigenvalue weighted by atomic mass is 35.5. The molecule has 2 aromatic carbocycles. The minimum absolute atomic E-state index is 0.0389. The maximum atomic E-state index is 13.1. The highest BCUT2D eigenvalue weighted by Gasteiger charge is 2.11. The van der Waals surface area contributed by atoms with E-state index in [0.717, 1.165) is 5.56 Å². The standard InChI is InChI=1S/C14H13ClF2N2/c15-12-6-9(4-5-13(12)17)14(8-18)19-11-3-1-2-10(16)7-11/h1-7,14,19H,8,18H2. The first-order valence-corrected chi connectivity index (χ1v) is 6.15. The van der Waals surface area contributed by atoms with Gasteiger partial charge in [0.25, 0.3) is 0 Å². The van der Waals surface area contributed by atoms with Gasteiger partial charge in [0.2, 0.25) is 0 Å². The third kappa shape index (κ3) is 3.43. The molecule has 0 saturated carbocycles. The molecule has 0 heterocycles. The summed E-state index contributed by atoms with van der Waals surface area (Å²) in [5.41, 5.74) is 7.04. The molecular weight excluding hydrogens is 270 g/mol. The third-order valence-electron chi connectivity index (χ3n) is 2.75. The van der Waals surface area contributed by atoms with E-state index in [1.165, 1.54) is 24.3 Å². The lowest BCUT2D eigenvalue weighted by Crippen LogP contribution is -2.20. The maximum Gasteiger partial charge on any atom is 0.141 e. The van der Waals surface area contributed by atoms with E-state index in [9.17, 15) is 8.78 Å². The van der Waals surface area contributed by atoms with Crippen LogP contribution in [0.3, 0.4) is 0 Å². The lowest BCUT2D eigenvalue weighted by Gasteiger charge is -2.19. The van der Waals surface area contributed by atoms with E-state index in [4.69, 9.17) is 17.3 Å². The number of nitrogens with one attached hydrogen (secondary N) is 1. The Kier molecular flexibility index (Phi) is 4.35.